The Balaban J connectivity index is 2.41. The van der Waals surface area contributed by atoms with Crippen LogP contribution in [0.2, 0.25) is 0 Å². The van der Waals surface area contributed by atoms with Crippen LogP contribution in [-0.4, -0.2) is 19.3 Å². The second-order valence-corrected chi connectivity index (χ2v) is 4.55. The first-order chi connectivity index (χ1) is 6.15. The fourth-order valence-electron chi connectivity index (χ4n) is 2.37. The fourth-order valence-corrected chi connectivity index (χ4v) is 2.37. The van der Waals surface area contributed by atoms with Crippen LogP contribution in [0.15, 0.2) is 0 Å². The fraction of sp³-hybridized carbons (Fsp3) is 1.00. The van der Waals surface area contributed by atoms with E-state index in [4.69, 9.17) is 10.5 Å². The van der Waals surface area contributed by atoms with E-state index in [1.807, 2.05) is 0 Å². The topological polar surface area (TPSA) is 35.2 Å². The lowest BCUT2D eigenvalue weighted by atomic mass is 9.77. The molecule has 1 rings (SSSR count). The van der Waals surface area contributed by atoms with E-state index in [9.17, 15) is 0 Å². The third kappa shape index (κ3) is 2.96. The van der Waals surface area contributed by atoms with E-state index in [1.165, 1.54) is 25.7 Å². The van der Waals surface area contributed by atoms with Crippen LogP contribution >= 0.6 is 0 Å². The van der Waals surface area contributed by atoms with Gasteiger partial charge >= 0.3 is 0 Å². The summed E-state index contributed by atoms with van der Waals surface area (Å²) in [5.74, 6) is 1.53. The molecule has 0 saturated heterocycles. The molecule has 1 aliphatic carbocycles. The quantitative estimate of drug-likeness (QED) is 0.731. The van der Waals surface area contributed by atoms with Crippen LogP contribution in [0.25, 0.3) is 0 Å². The first kappa shape index (κ1) is 11.0. The van der Waals surface area contributed by atoms with Gasteiger partial charge in [-0.15, -0.1) is 0 Å². The number of methoxy groups -OCH3 is 1. The Hall–Kier alpha value is -0.0800. The second kappa shape index (κ2) is 4.97. The lowest BCUT2D eigenvalue weighted by Gasteiger charge is -2.33. The van der Waals surface area contributed by atoms with E-state index in [0.717, 1.165) is 5.92 Å². The van der Waals surface area contributed by atoms with Crippen molar-refractivity contribution in [2.75, 3.05) is 7.11 Å². The maximum absolute atomic E-state index is 6.14. The molecule has 78 valence electrons. The number of hydrogen-bond donors (Lipinski definition) is 1. The van der Waals surface area contributed by atoms with Gasteiger partial charge in [-0.2, -0.15) is 0 Å². The molecule has 4 unspecified atom stereocenters. The van der Waals surface area contributed by atoms with Crippen molar-refractivity contribution in [3.8, 4) is 0 Å². The molecule has 2 N–H and O–H groups in total. The molecule has 0 aromatic carbocycles. The van der Waals surface area contributed by atoms with Crippen LogP contribution < -0.4 is 5.73 Å². The Morgan fingerprint density at radius 1 is 1.38 bits per heavy atom. The summed E-state index contributed by atoms with van der Waals surface area (Å²) < 4.78 is 5.28. The zero-order chi connectivity index (χ0) is 9.84. The van der Waals surface area contributed by atoms with E-state index in [2.05, 4.69) is 13.8 Å². The number of hydrogen-bond acceptors (Lipinski definition) is 2. The van der Waals surface area contributed by atoms with Crippen molar-refractivity contribution in [3.63, 3.8) is 0 Å². The zero-order valence-electron chi connectivity index (χ0n) is 9.12. The normalized spacial score (nSPS) is 34.2. The van der Waals surface area contributed by atoms with Gasteiger partial charge in [0, 0.05) is 13.2 Å². The van der Waals surface area contributed by atoms with E-state index in [-0.39, 0.29) is 12.1 Å². The summed E-state index contributed by atoms with van der Waals surface area (Å²) >= 11 is 0. The minimum atomic E-state index is 0.204. The summed E-state index contributed by atoms with van der Waals surface area (Å²) in [6.07, 6.45) is 5.50. The number of rotatable bonds is 3. The lowest BCUT2D eigenvalue weighted by molar-refractivity contribution is 0.0626. The first-order valence-electron chi connectivity index (χ1n) is 5.43. The highest BCUT2D eigenvalue weighted by Gasteiger charge is 2.27. The highest BCUT2D eigenvalue weighted by atomic mass is 16.5. The van der Waals surface area contributed by atoms with Gasteiger partial charge in [-0.3, -0.25) is 0 Å². The zero-order valence-corrected chi connectivity index (χ0v) is 9.12. The van der Waals surface area contributed by atoms with Crippen molar-refractivity contribution in [1.82, 2.24) is 0 Å². The molecular weight excluding hydrogens is 162 g/mol. The maximum atomic E-state index is 6.14. The molecule has 2 heteroatoms. The molecule has 2 nitrogen and oxygen atoms in total. The Morgan fingerprint density at radius 3 is 2.62 bits per heavy atom. The molecule has 0 amide bonds. The molecule has 0 aromatic rings. The SMILES string of the molecule is COC(C)C(N)C1CCCC(C)C1. The molecule has 1 saturated carbocycles. The third-order valence-corrected chi connectivity index (χ3v) is 3.44. The largest absolute Gasteiger partial charge is 0.380 e. The van der Waals surface area contributed by atoms with Gasteiger partial charge in [-0.1, -0.05) is 19.8 Å². The highest BCUT2D eigenvalue weighted by molar-refractivity contribution is 4.82. The third-order valence-electron chi connectivity index (χ3n) is 3.44. The van der Waals surface area contributed by atoms with Crippen LogP contribution in [0, 0.1) is 11.8 Å². The second-order valence-electron chi connectivity index (χ2n) is 4.55. The summed E-state index contributed by atoms with van der Waals surface area (Å²) in [5.41, 5.74) is 6.14. The Bertz CT molecular complexity index is 149. The average molecular weight is 185 g/mol. The Labute approximate surface area is 81.8 Å². The molecule has 0 bridgehead atoms. The molecule has 0 radical (unpaired) electrons. The van der Waals surface area contributed by atoms with Crippen molar-refractivity contribution in [3.05, 3.63) is 0 Å². The number of ether oxygens (including phenoxy) is 1. The average Bonchev–Trinajstić information content (AvgIpc) is 2.15. The minimum Gasteiger partial charge on any atom is -0.380 e. The molecule has 0 aliphatic heterocycles. The summed E-state index contributed by atoms with van der Waals surface area (Å²) in [7, 11) is 1.75. The van der Waals surface area contributed by atoms with Crippen LogP contribution in [0.3, 0.4) is 0 Å². The molecule has 0 spiro atoms. The van der Waals surface area contributed by atoms with E-state index in [0.29, 0.717) is 5.92 Å². The smallest absolute Gasteiger partial charge is 0.0696 e. The molecule has 13 heavy (non-hydrogen) atoms. The highest BCUT2D eigenvalue weighted by Crippen LogP contribution is 2.31. The molecular formula is C11H23NO. The molecule has 1 aliphatic rings. The molecule has 0 aromatic heterocycles. The van der Waals surface area contributed by atoms with Gasteiger partial charge in [0.1, 0.15) is 0 Å². The predicted molar refractivity (Wildman–Crippen MR) is 55.6 cm³/mol. The molecule has 4 atom stereocenters. The minimum absolute atomic E-state index is 0.204. The van der Waals surface area contributed by atoms with Gasteiger partial charge in [-0.05, 0) is 31.6 Å². The van der Waals surface area contributed by atoms with Gasteiger partial charge < -0.3 is 10.5 Å². The first-order valence-corrected chi connectivity index (χ1v) is 5.43. The summed E-state index contributed by atoms with van der Waals surface area (Å²) in [5, 5.41) is 0. The lowest BCUT2D eigenvalue weighted by Crippen LogP contribution is -2.42. The van der Waals surface area contributed by atoms with Crippen molar-refractivity contribution in [1.29, 1.82) is 0 Å². The van der Waals surface area contributed by atoms with E-state index in [1.54, 1.807) is 7.11 Å². The van der Waals surface area contributed by atoms with Crippen molar-refractivity contribution in [2.45, 2.75) is 51.7 Å². The van der Waals surface area contributed by atoms with E-state index >= 15 is 0 Å². The van der Waals surface area contributed by atoms with Crippen LogP contribution in [0.4, 0.5) is 0 Å². The van der Waals surface area contributed by atoms with Gasteiger partial charge in [-0.25, -0.2) is 0 Å². The van der Waals surface area contributed by atoms with E-state index < -0.39 is 0 Å². The van der Waals surface area contributed by atoms with Gasteiger partial charge in [0.05, 0.1) is 6.10 Å². The Morgan fingerprint density at radius 2 is 2.08 bits per heavy atom. The van der Waals surface area contributed by atoms with Gasteiger partial charge in [0.25, 0.3) is 0 Å². The summed E-state index contributed by atoms with van der Waals surface area (Å²) in [6, 6.07) is 0.229. The van der Waals surface area contributed by atoms with Crippen molar-refractivity contribution >= 4 is 0 Å². The monoisotopic (exact) mass is 185 g/mol. The van der Waals surface area contributed by atoms with Gasteiger partial charge in [0.15, 0.2) is 0 Å². The van der Waals surface area contributed by atoms with Crippen LogP contribution in [0.5, 0.6) is 0 Å². The molecule has 0 heterocycles. The van der Waals surface area contributed by atoms with Crippen molar-refractivity contribution < 1.29 is 4.74 Å². The van der Waals surface area contributed by atoms with Gasteiger partial charge in [0.2, 0.25) is 0 Å². The molecule has 1 fully saturated rings. The summed E-state index contributed by atoms with van der Waals surface area (Å²) in [4.78, 5) is 0. The van der Waals surface area contributed by atoms with Crippen LogP contribution in [-0.2, 0) is 4.74 Å². The Kier molecular flexibility index (Phi) is 4.20. The summed E-state index contributed by atoms with van der Waals surface area (Å²) in [6.45, 7) is 4.40. The van der Waals surface area contributed by atoms with Crippen LogP contribution in [0.1, 0.15) is 39.5 Å². The standard InChI is InChI=1S/C11H23NO/c1-8-5-4-6-10(7-8)11(12)9(2)13-3/h8-11H,4-7,12H2,1-3H3. The maximum Gasteiger partial charge on any atom is 0.0696 e. The number of nitrogens with two attached hydrogens (primary N) is 1. The predicted octanol–water partition coefficient (Wildman–Crippen LogP) is 2.17. The van der Waals surface area contributed by atoms with Crippen molar-refractivity contribution in [2.24, 2.45) is 17.6 Å².